The number of nitrogens with one attached hydrogen (secondary N) is 2. The Balaban J connectivity index is 2.15. The van der Waals surface area contributed by atoms with Crippen LogP contribution < -0.4 is 10.0 Å². The summed E-state index contributed by atoms with van der Waals surface area (Å²) in [5.74, 6) is 0. The molecule has 2 N–H and O–H groups in total. The fourth-order valence-electron chi connectivity index (χ4n) is 2.64. The third kappa shape index (κ3) is 3.82. The van der Waals surface area contributed by atoms with Crippen LogP contribution >= 0.6 is 0 Å². The number of nitro benzene ring substituents is 1. The van der Waals surface area contributed by atoms with E-state index in [1.54, 1.807) is 13.8 Å². The van der Waals surface area contributed by atoms with E-state index in [2.05, 4.69) is 10.0 Å². The highest BCUT2D eigenvalue weighted by Crippen LogP contribution is 2.25. The van der Waals surface area contributed by atoms with E-state index in [-0.39, 0.29) is 10.6 Å². The van der Waals surface area contributed by atoms with Crippen LogP contribution in [0.3, 0.4) is 0 Å². The van der Waals surface area contributed by atoms with Gasteiger partial charge in [-0.25, -0.2) is 13.1 Å². The quantitative estimate of drug-likeness (QED) is 0.611. The lowest BCUT2D eigenvalue weighted by Crippen LogP contribution is -2.31. The molecule has 122 valence electrons. The van der Waals surface area contributed by atoms with Gasteiger partial charge in [-0.3, -0.25) is 10.1 Å². The lowest BCUT2D eigenvalue weighted by Gasteiger charge is -2.13. The topological polar surface area (TPSA) is 101 Å². The summed E-state index contributed by atoms with van der Waals surface area (Å²) in [5.41, 5.74) is 0.921. The second-order valence-corrected chi connectivity index (χ2v) is 7.36. The number of rotatable bonds is 6. The Bertz CT molecular complexity index is 667. The van der Waals surface area contributed by atoms with Gasteiger partial charge in [-0.15, -0.1) is 0 Å². The van der Waals surface area contributed by atoms with Crippen molar-refractivity contribution in [2.24, 2.45) is 0 Å². The van der Waals surface area contributed by atoms with Crippen LogP contribution in [0.5, 0.6) is 0 Å². The number of sulfonamides is 1. The Kier molecular flexibility index (Phi) is 5.15. The molecule has 0 radical (unpaired) electrons. The lowest BCUT2D eigenvalue weighted by molar-refractivity contribution is -0.385. The summed E-state index contributed by atoms with van der Waals surface area (Å²) in [5, 5.41) is 14.2. The van der Waals surface area contributed by atoms with Gasteiger partial charge in [0.1, 0.15) is 0 Å². The zero-order valence-electron chi connectivity index (χ0n) is 12.8. The normalized spacial score (nSPS) is 18.5. The first-order valence-corrected chi connectivity index (χ1v) is 8.78. The number of aryl methyl sites for hydroxylation is 1. The molecule has 1 saturated heterocycles. The number of hydrogen-bond acceptors (Lipinski definition) is 5. The maximum atomic E-state index is 12.4. The maximum Gasteiger partial charge on any atom is 0.271 e. The van der Waals surface area contributed by atoms with E-state index < -0.39 is 14.9 Å². The van der Waals surface area contributed by atoms with Gasteiger partial charge in [-0.1, -0.05) is 0 Å². The average Bonchev–Trinajstić information content (AvgIpc) is 2.94. The molecule has 0 aromatic heterocycles. The Morgan fingerprint density at radius 1 is 1.41 bits per heavy atom. The van der Waals surface area contributed by atoms with Crippen LogP contribution in [-0.2, 0) is 10.0 Å². The highest BCUT2D eigenvalue weighted by Gasteiger charge is 2.22. The van der Waals surface area contributed by atoms with E-state index in [1.165, 1.54) is 6.07 Å². The highest BCUT2D eigenvalue weighted by molar-refractivity contribution is 7.89. The summed E-state index contributed by atoms with van der Waals surface area (Å²) in [7, 11) is -3.74. The van der Waals surface area contributed by atoms with Gasteiger partial charge in [0, 0.05) is 24.7 Å². The Morgan fingerprint density at radius 2 is 2.14 bits per heavy atom. The van der Waals surface area contributed by atoms with Crippen molar-refractivity contribution in [1.82, 2.24) is 10.0 Å². The SMILES string of the molecule is Cc1cc([N+](=O)[O-])cc(S(=O)(=O)NCC[C@H]2CCCN2)c1C. The Hall–Kier alpha value is -1.51. The van der Waals surface area contributed by atoms with Gasteiger partial charge in [0.2, 0.25) is 10.0 Å². The molecule has 1 aromatic carbocycles. The van der Waals surface area contributed by atoms with Crippen molar-refractivity contribution in [3.63, 3.8) is 0 Å². The fraction of sp³-hybridized carbons (Fsp3) is 0.571. The highest BCUT2D eigenvalue weighted by atomic mass is 32.2. The van der Waals surface area contributed by atoms with Gasteiger partial charge in [-0.2, -0.15) is 0 Å². The first-order chi connectivity index (χ1) is 10.3. The van der Waals surface area contributed by atoms with Crippen LogP contribution in [0, 0.1) is 24.0 Å². The molecule has 0 aliphatic carbocycles. The first-order valence-electron chi connectivity index (χ1n) is 7.30. The van der Waals surface area contributed by atoms with Gasteiger partial charge in [0.05, 0.1) is 9.82 Å². The summed E-state index contributed by atoms with van der Waals surface area (Å²) < 4.78 is 27.3. The monoisotopic (exact) mass is 327 g/mol. The van der Waals surface area contributed by atoms with Crippen molar-refractivity contribution in [3.05, 3.63) is 33.4 Å². The molecule has 0 amide bonds. The number of nitro groups is 1. The van der Waals surface area contributed by atoms with Gasteiger partial charge >= 0.3 is 0 Å². The van der Waals surface area contributed by atoms with Crippen LogP contribution in [0.15, 0.2) is 17.0 Å². The zero-order chi connectivity index (χ0) is 16.3. The molecule has 8 heteroatoms. The summed E-state index contributed by atoms with van der Waals surface area (Å²) in [6, 6.07) is 2.85. The molecule has 1 heterocycles. The van der Waals surface area contributed by atoms with E-state index >= 15 is 0 Å². The molecule has 7 nitrogen and oxygen atoms in total. The summed E-state index contributed by atoms with van der Waals surface area (Å²) in [4.78, 5) is 10.3. The van der Waals surface area contributed by atoms with Crippen LogP contribution in [0.2, 0.25) is 0 Å². The predicted octanol–water partition coefficient (Wildman–Crippen LogP) is 1.63. The number of nitrogens with zero attached hydrogens (tertiary/aromatic N) is 1. The summed E-state index contributed by atoms with van der Waals surface area (Å²) in [6.45, 7) is 4.62. The van der Waals surface area contributed by atoms with E-state index in [1.807, 2.05) is 0 Å². The Morgan fingerprint density at radius 3 is 2.73 bits per heavy atom. The molecule has 2 rings (SSSR count). The second-order valence-electron chi connectivity index (χ2n) is 5.62. The molecule has 1 aromatic rings. The molecule has 0 bridgehead atoms. The van der Waals surface area contributed by atoms with Gasteiger partial charge < -0.3 is 5.32 Å². The molecular weight excluding hydrogens is 306 g/mol. The molecule has 22 heavy (non-hydrogen) atoms. The van der Waals surface area contributed by atoms with E-state index in [0.29, 0.717) is 30.1 Å². The number of benzene rings is 1. The predicted molar refractivity (Wildman–Crippen MR) is 83.4 cm³/mol. The van der Waals surface area contributed by atoms with Crippen LogP contribution in [-0.4, -0.2) is 32.5 Å². The smallest absolute Gasteiger partial charge is 0.271 e. The minimum atomic E-state index is -3.74. The van der Waals surface area contributed by atoms with Crippen molar-refractivity contribution in [2.45, 2.75) is 44.0 Å². The first kappa shape index (κ1) is 16.9. The third-order valence-corrected chi connectivity index (χ3v) is 5.64. The molecule has 1 atom stereocenters. The molecule has 1 aliphatic heterocycles. The van der Waals surface area contributed by atoms with Crippen LogP contribution in [0.4, 0.5) is 5.69 Å². The average molecular weight is 327 g/mol. The van der Waals surface area contributed by atoms with Crippen molar-refractivity contribution >= 4 is 15.7 Å². The number of non-ortho nitro benzene ring substituents is 1. The largest absolute Gasteiger partial charge is 0.314 e. The van der Waals surface area contributed by atoms with Crippen molar-refractivity contribution in [1.29, 1.82) is 0 Å². The van der Waals surface area contributed by atoms with Crippen molar-refractivity contribution in [3.8, 4) is 0 Å². The summed E-state index contributed by atoms with van der Waals surface area (Å²) in [6.07, 6.45) is 2.88. The minimum Gasteiger partial charge on any atom is -0.314 e. The standard InChI is InChI=1S/C14H21N3O4S/c1-10-8-13(17(18)19)9-14(11(10)2)22(20,21)16-7-5-12-4-3-6-15-12/h8-9,12,15-16H,3-7H2,1-2H3/t12-/m1/s1. The lowest BCUT2D eigenvalue weighted by atomic mass is 10.1. The van der Waals surface area contributed by atoms with Crippen molar-refractivity contribution < 1.29 is 13.3 Å². The summed E-state index contributed by atoms with van der Waals surface area (Å²) >= 11 is 0. The molecule has 1 fully saturated rings. The molecule has 0 unspecified atom stereocenters. The van der Waals surface area contributed by atoms with E-state index in [4.69, 9.17) is 0 Å². The molecule has 0 saturated carbocycles. The second kappa shape index (κ2) is 6.72. The van der Waals surface area contributed by atoms with Gasteiger partial charge in [0.15, 0.2) is 0 Å². The van der Waals surface area contributed by atoms with E-state index in [0.717, 1.165) is 25.5 Å². The fourth-order valence-corrected chi connectivity index (χ4v) is 4.02. The van der Waals surface area contributed by atoms with Crippen LogP contribution in [0.25, 0.3) is 0 Å². The Labute approximate surface area is 130 Å². The van der Waals surface area contributed by atoms with Gasteiger partial charge in [0.25, 0.3) is 5.69 Å². The maximum absolute atomic E-state index is 12.4. The minimum absolute atomic E-state index is 0.0152. The number of hydrogen-bond donors (Lipinski definition) is 2. The third-order valence-electron chi connectivity index (χ3n) is 4.05. The van der Waals surface area contributed by atoms with E-state index in [9.17, 15) is 18.5 Å². The van der Waals surface area contributed by atoms with Gasteiger partial charge in [-0.05, 0) is 50.8 Å². The van der Waals surface area contributed by atoms with Crippen molar-refractivity contribution in [2.75, 3.05) is 13.1 Å². The molecule has 0 spiro atoms. The molecule has 1 aliphatic rings. The molecular formula is C14H21N3O4S. The zero-order valence-corrected chi connectivity index (χ0v) is 13.6. The van der Waals surface area contributed by atoms with Crippen LogP contribution in [0.1, 0.15) is 30.4 Å².